The number of carbonyl (C=O) groups is 2. The zero-order chi connectivity index (χ0) is 24.5. The first kappa shape index (κ1) is 24.0. The van der Waals surface area contributed by atoms with Crippen LogP contribution >= 0.6 is 12.2 Å². The molecular weight excluding hydrogens is 450 g/mol. The monoisotopic (exact) mass is 481 g/mol. The Morgan fingerprint density at radius 2 is 1.59 bits per heavy atom. The Morgan fingerprint density at radius 1 is 1.06 bits per heavy atom. The van der Waals surface area contributed by atoms with E-state index >= 15 is 0 Å². The molecule has 1 aliphatic carbocycles. The van der Waals surface area contributed by atoms with Gasteiger partial charge < -0.3 is 25.4 Å². The van der Waals surface area contributed by atoms with Gasteiger partial charge in [-0.25, -0.2) is 9.59 Å². The number of nitrogens with one attached hydrogen (secondary N) is 1. The fourth-order valence-electron chi connectivity index (χ4n) is 4.69. The van der Waals surface area contributed by atoms with Crippen LogP contribution in [-0.4, -0.2) is 52.9 Å². The van der Waals surface area contributed by atoms with Crippen molar-refractivity contribution in [2.45, 2.75) is 50.7 Å². The van der Waals surface area contributed by atoms with Crippen LogP contribution in [-0.2, 0) is 9.47 Å². The number of likely N-dealkylation sites (tertiary alicyclic amines) is 1. The van der Waals surface area contributed by atoms with Gasteiger partial charge in [-0.05, 0) is 55.9 Å². The molecule has 0 atom stereocenters. The maximum Gasteiger partial charge on any atom is 0.409 e. The third-order valence-electron chi connectivity index (χ3n) is 6.42. The quantitative estimate of drug-likeness (QED) is 0.621. The van der Waals surface area contributed by atoms with Crippen LogP contribution in [0.1, 0.15) is 50.7 Å². The Labute approximate surface area is 205 Å². The Kier molecular flexibility index (Phi) is 6.53. The molecule has 0 aromatic heterocycles. The number of hydrogen-bond acceptors (Lipinski definition) is 5. The van der Waals surface area contributed by atoms with E-state index in [1.807, 2.05) is 24.3 Å². The van der Waals surface area contributed by atoms with Gasteiger partial charge in [0.1, 0.15) is 12.2 Å². The Bertz CT molecular complexity index is 1060. The molecule has 7 nitrogen and oxygen atoms in total. The van der Waals surface area contributed by atoms with Crippen LogP contribution in [0.2, 0.25) is 0 Å². The lowest BCUT2D eigenvalue weighted by Crippen LogP contribution is -2.62. The number of ether oxygens (including phenoxy) is 2. The summed E-state index contributed by atoms with van der Waals surface area (Å²) in [5.74, 6) is 0.00526. The second-order valence-electron chi connectivity index (χ2n) is 9.86. The van der Waals surface area contributed by atoms with Crippen molar-refractivity contribution in [1.82, 2.24) is 10.2 Å². The highest BCUT2D eigenvalue weighted by atomic mass is 32.1. The molecule has 0 saturated carbocycles. The van der Waals surface area contributed by atoms with Crippen molar-refractivity contribution < 1.29 is 19.1 Å². The summed E-state index contributed by atoms with van der Waals surface area (Å²) in [6.45, 7) is 6.37. The van der Waals surface area contributed by atoms with Gasteiger partial charge in [0.2, 0.25) is 0 Å². The highest BCUT2D eigenvalue weighted by Gasteiger charge is 2.41. The number of hydrogen-bond donors (Lipinski definition) is 2. The molecule has 1 aliphatic heterocycles. The molecule has 2 aliphatic rings. The minimum atomic E-state index is -0.891. The molecule has 4 rings (SSSR count). The van der Waals surface area contributed by atoms with Gasteiger partial charge in [-0.1, -0.05) is 60.7 Å². The molecule has 3 N–H and O–H groups in total. The van der Waals surface area contributed by atoms with Crippen molar-refractivity contribution in [2.24, 2.45) is 5.73 Å². The Morgan fingerprint density at radius 3 is 2.09 bits per heavy atom. The van der Waals surface area contributed by atoms with E-state index in [1.165, 1.54) is 22.3 Å². The molecule has 2 aromatic rings. The number of thiocarbonyl (C=S) groups is 1. The van der Waals surface area contributed by atoms with Crippen LogP contribution in [0.25, 0.3) is 11.1 Å². The molecule has 2 aromatic carbocycles. The van der Waals surface area contributed by atoms with E-state index in [2.05, 4.69) is 29.6 Å². The van der Waals surface area contributed by atoms with E-state index in [0.29, 0.717) is 25.9 Å². The summed E-state index contributed by atoms with van der Waals surface area (Å²) in [4.78, 5) is 27.1. The Hall–Kier alpha value is -3.13. The van der Waals surface area contributed by atoms with E-state index < -0.39 is 17.2 Å². The van der Waals surface area contributed by atoms with Crippen molar-refractivity contribution in [3.63, 3.8) is 0 Å². The minimum absolute atomic E-state index is 0.00526. The second-order valence-corrected chi connectivity index (χ2v) is 10.3. The topological polar surface area (TPSA) is 93.9 Å². The van der Waals surface area contributed by atoms with Gasteiger partial charge in [-0.2, -0.15) is 0 Å². The van der Waals surface area contributed by atoms with Crippen molar-refractivity contribution in [3.8, 4) is 11.1 Å². The molecule has 0 unspecified atom stereocenters. The summed E-state index contributed by atoms with van der Waals surface area (Å²) in [6, 6.07) is 16.5. The zero-order valence-corrected chi connectivity index (χ0v) is 20.6. The molecule has 0 spiro atoms. The van der Waals surface area contributed by atoms with Crippen LogP contribution in [0.15, 0.2) is 48.5 Å². The number of piperidine rings is 1. The fraction of sp³-hybridized carbons (Fsp3) is 0.423. The highest BCUT2D eigenvalue weighted by molar-refractivity contribution is 7.80. The first-order valence-electron chi connectivity index (χ1n) is 11.5. The molecule has 1 saturated heterocycles. The molecule has 180 valence electrons. The lowest BCUT2D eigenvalue weighted by atomic mass is 9.87. The number of carbonyl (C=O) groups excluding carboxylic acids is 2. The summed E-state index contributed by atoms with van der Waals surface area (Å²) < 4.78 is 11.1. The minimum Gasteiger partial charge on any atom is -0.448 e. The van der Waals surface area contributed by atoms with Crippen LogP contribution in [0.3, 0.4) is 0 Å². The average Bonchev–Trinajstić information content (AvgIpc) is 3.10. The van der Waals surface area contributed by atoms with E-state index in [-0.39, 0.29) is 23.6 Å². The predicted octanol–water partition coefficient (Wildman–Crippen LogP) is 4.58. The fourth-order valence-corrected chi connectivity index (χ4v) is 4.94. The average molecular weight is 482 g/mol. The van der Waals surface area contributed by atoms with Gasteiger partial charge in [0.15, 0.2) is 0 Å². The molecule has 0 bridgehead atoms. The van der Waals surface area contributed by atoms with Crippen molar-refractivity contribution in [3.05, 3.63) is 59.7 Å². The highest BCUT2D eigenvalue weighted by Crippen LogP contribution is 2.44. The van der Waals surface area contributed by atoms with Crippen LogP contribution in [0.5, 0.6) is 0 Å². The number of rotatable bonds is 4. The number of nitrogens with zero attached hydrogens (tertiary/aromatic N) is 1. The molecular formula is C26H31N3O4S. The first-order valence-corrected chi connectivity index (χ1v) is 11.9. The van der Waals surface area contributed by atoms with Crippen LogP contribution < -0.4 is 11.1 Å². The van der Waals surface area contributed by atoms with Crippen molar-refractivity contribution in [1.29, 1.82) is 0 Å². The largest absolute Gasteiger partial charge is 0.448 e. The van der Waals surface area contributed by atoms with Gasteiger partial charge in [0.05, 0.1) is 10.5 Å². The first-order chi connectivity index (χ1) is 16.1. The second kappa shape index (κ2) is 9.25. The smallest absolute Gasteiger partial charge is 0.409 e. The maximum absolute atomic E-state index is 12.9. The number of benzene rings is 2. The van der Waals surface area contributed by atoms with Crippen LogP contribution in [0.4, 0.5) is 9.59 Å². The summed E-state index contributed by atoms with van der Waals surface area (Å²) >= 11 is 5.26. The number of amides is 2. The van der Waals surface area contributed by atoms with Crippen molar-refractivity contribution >= 4 is 29.4 Å². The third kappa shape index (κ3) is 4.87. The SMILES string of the molecule is CC(C)(C)OC(=O)NC1(C(N)=S)CCN(C(=O)OCC2c3ccccc3-c3ccccc32)CC1. The lowest BCUT2D eigenvalue weighted by molar-refractivity contribution is 0.0437. The molecule has 34 heavy (non-hydrogen) atoms. The number of nitrogens with two attached hydrogens (primary N) is 1. The molecule has 8 heteroatoms. The normalized spacial score (nSPS) is 16.9. The summed E-state index contributed by atoms with van der Waals surface area (Å²) in [7, 11) is 0. The molecule has 1 heterocycles. The zero-order valence-electron chi connectivity index (χ0n) is 19.8. The van der Waals surface area contributed by atoms with Gasteiger partial charge >= 0.3 is 12.2 Å². The van der Waals surface area contributed by atoms with Gasteiger partial charge in [-0.3, -0.25) is 0 Å². The number of fused-ring (bicyclic) bond motifs is 3. The van der Waals surface area contributed by atoms with E-state index in [4.69, 9.17) is 27.4 Å². The van der Waals surface area contributed by atoms with Gasteiger partial charge in [0.25, 0.3) is 0 Å². The number of alkyl carbamates (subject to hydrolysis) is 1. The van der Waals surface area contributed by atoms with Gasteiger partial charge in [0, 0.05) is 19.0 Å². The van der Waals surface area contributed by atoms with Crippen LogP contribution in [0, 0.1) is 0 Å². The molecule has 0 radical (unpaired) electrons. The van der Waals surface area contributed by atoms with E-state index in [0.717, 1.165) is 0 Å². The summed E-state index contributed by atoms with van der Waals surface area (Å²) in [6.07, 6.45) is -0.164. The van der Waals surface area contributed by atoms with Gasteiger partial charge in [-0.15, -0.1) is 0 Å². The maximum atomic E-state index is 12.9. The summed E-state index contributed by atoms with van der Waals surface area (Å²) in [5, 5.41) is 2.84. The third-order valence-corrected chi connectivity index (χ3v) is 6.81. The molecule has 2 amide bonds. The van der Waals surface area contributed by atoms with Crippen molar-refractivity contribution in [2.75, 3.05) is 19.7 Å². The predicted molar refractivity (Wildman–Crippen MR) is 135 cm³/mol. The lowest BCUT2D eigenvalue weighted by Gasteiger charge is -2.41. The molecule has 1 fully saturated rings. The van der Waals surface area contributed by atoms with E-state index in [9.17, 15) is 9.59 Å². The Balaban J connectivity index is 1.38. The van der Waals surface area contributed by atoms with E-state index in [1.54, 1.807) is 25.7 Å². The summed E-state index contributed by atoms with van der Waals surface area (Å²) in [5.41, 5.74) is 9.18. The standard InChI is InChI=1S/C26H31N3O4S/c1-25(2,3)33-23(30)28-26(22(27)34)12-14-29(15-13-26)24(31)32-16-21-19-10-6-4-8-17(19)18-9-5-7-11-20(18)21/h4-11,21H,12-16H2,1-3H3,(H2,27,34)(H,28,30).